The Bertz CT molecular complexity index is 703. The smallest absolute Gasteiger partial charge is 0.263 e. The van der Waals surface area contributed by atoms with E-state index in [4.69, 9.17) is 0 Å². The van der Waals surface area contributed by atoms with Crippen molar-refractivity contribution in [3.8, 4) is 0 Å². The Morgan fingerprint density at radius 3 is 2.48 bits per heavy atom. The molecule has 21 heavy (non-hydrogen) atoms. The zero-order valence-corrected chi connectivity index (χ0v) is 14.0. The minimum atomic E-state index is -3.62. The van der Waals surface area contributed by atoms with Crippen molar-refractivity contribution in [1.29, 1.82) is 0 Å². The van der Waals surface area contributed by atoms with Crippen LogP contribution in [0.15, 0.2) is 57.9 Å². The van der Waals surface area contributed by atoms with E-state index in [0.717, 1.165) is 12.1 Å². The van der Waals surface area contributed by atoms with E-state index in [1.54, 1.807) is 36.4 Å². The third-order valence-electron chi connectivity index (χ3n) is 2.89. The van der Waals surface area contributed by atoms with Crippen LogP contribution in [0.5, 0.6) is 0 Å². The van der Waals surface area contributed by atoms with Crippen molar-refractivity contribution >= 4 is 31.6 Å². The molecule has 0 fully saturated rings. The van der Waals surface area contributed by atoms with E-state index in [2.05, 4.69) is 26.0 Å². The molecule has 0 atom stereocenters. The van der Waals surface area contributed by atoms with Crippen molar-refractivity contribution in [2.45, 2.75) is 18.4 Å². The van der Waals surface area contributed by atoms with Crippen molar-refractivity contribution in [1.82, 2.24) is 5.32 Å². The lowest BCUT2D eigenvalue weighted by Gasteiger charge is -2.11. The van der Waals surface area contributed by atoms with Crippen LogP contribution in [0.25, 0.3) is 0 Å². The van der Waals surface area contributed by atoms with Crippen LogP contribution in [0, 0.1) is 0 Å². The molecule has 6 heteroatoms. The Morgan fingerprint density at radius 2 is 1.81 bits per heavy atom. The fourth-order valence-electron chi connectivity index (χ4n) is 1.85. The van der Waals surface area contributed by atoms with Gasteiger partial charge in [-0.05, 0) is 52.3 Å². The molecule has 0 aliphatic heterocycles. The van der Waals surface area contributed by atoms with Gasteiger partial charge in [-0.25, -0.2) is 8.42 Å². The number of sulfonamides is 1. The summed E-state index contributed by atoms with van der Waals surface area (Å²) < 4.78 is 28.1. The van der Waals surface area contributed by atoms with E-state index in [1.165, 1.54) is 0 Å². The summed E-state index contributed by atoms with van der Waals surface area (Å²) in [6, 6.07) is 14.2. The Balaban J connectivity index is 2.30. The van der Waals surface area contributed by atoms with Gasteiger partial charge in [0.1, 0.15) is 4.90 Å². The van der Waals surface area contributed by atoms with Crippen molar-refractivity contribution < 1.29 is 8.42 Å². The van der Waals surface area contributed by atoms with E-state index in [-0.39, 0.29) is 4.90 Å². The van der Waals surface area contributed by atoms with Crippen LogP contribution in [-0.2, 0) is 16.6 Å². The average Bonchev–Trinajstić information content (AvgIpc) is 2.47. The molecule has 0 saturated carbocycles. The monoisotopic (exact) mass is 368 g/mol. The first-order chi connectivity index (χ1) is 10.0. The molecule has 0 aliphatic carbocycles. The lowest BCUT2D eigenvalue weighted by molar-refractivity contribution is 0.600. The van der Waals surface area contributed by atoms with Crippen molar-refractivity contribution in [3.05, 3.63) is 58.6 Å². The molecule has 2 aromatic rings. The lowest BCUT2D eigenvalue weighted by atomic mass is 10.2. The minimum absolute atomic E-state index is 0.238. The van der Waals surface area contributed by atoms with E-state index < -0.39 is 10.0 Å². The largest absolute Gasteiger partial charge is 0.313 e. The zero-order chi connectivity index (χ0) is 15.3. The minimum Gasteiger partial charge on any atom is -0.313 e. The summed E-state index contributed by atoms with van der Waals surface area (Å²) in [6.07, 6.45) is 0. The first-order valence-electron chi connectivity index (χ1n) is 6.60. The molecule has 0 bridgehead atoms. The molecule has 0 spiro atoms. The van der Waals surface area contributed by atoms with Crippen LogP contribution >= 0.6 is 15.9 Å². The van der Waals surface area contributed by atoms with Gasteiger partial charge >= 0.3 is 0 Å². The fraction of sp³-hybridized carbons (Fsp3) is 0.200. The second kappa shape index (κ2) is 7.06. The SMILES string of the molecule is CCNCc1ccc(Br)c(S(=O)(=O)Nc2ccccc2)c1. The predicted octanol–water partition coefficient (Wildman–Crippen LogP) is 3.36. The molecular weight excluding hydrogens is 352 g/mol. The summed E-state index contributed by atoms with van der Waals surface area (Å²) in [5.74, 6) is 0. The topological polar surface area (TPSA) is 58.2 Å². The van der Waals surface area contributed by atoms with Crippen LogP contribution in [0.1, 0.15) is 12.5 Å². The Labute approximate surface area is 133 Å². The van der Waals surface area contributed by atoms with Gasteiger partial charge in [-0.2, -0.15) is 0 Å². The maximum absolute atomic E-state index is 12.5. The number of anilines is 1. The van der Waals surface area contributed by atoms with Crippen molar-refractivity contribution in [2.24, 2.45) is 0 Å². The van der Waals surface area contributed by atoms with Crippen molar-refractivity contribution in [2.75, 3.05) is 11.3 Å². The molecule has 0 aromatic heterocycles. The Hall–Kier alpha value is -1.37. The molecule has 0 unspecified atom stereocenters. The lowest BCUT2D eigenvalue weighted by Crippen LogP contribution is -2.15. The van der Waals surface area contributed by atoms with Crippen LogP contribution < -0.4 is 10.0 Å². The molecule has 0 saturated heterocycles. The Morgan fingerprint density at radius 1 is 1.10 bits per heavy atom. The summed E-state index contributed by atoms with van der Waals surface area (Å²) in [4.78, 5) is 0.238. The second-order valence-electron chi connectivity index (χ2n) is 4.52. The average molecular weight is 369 g/mol. The molecule has 0 heterocycles. The highest BCUT2D eigenvalue weighted by Crippen LogP contribution is 2.25. The van der Waals surface area contributed by atoms with Crippen LogP contribution in [0.2, 0.25) is 0 Å². The van der Waals surface area contributed by atoms with Gasteiger partial charge in [0.15, 0.2) is 0 Å². The quantitative estimate of drug-likeness (QED) is 0.821. The first-order valence-corrected chi connectivity index (χ1v) is 8.87. The normalized spacial score (nSPS) is 11.3. The van der Waals surface area contributed by atoms with Crippen molar-refractivity contribution in [3.63, 3.8) is 0 Å². The van der Waals surface area contributed by atoms with Crippen LogP contribution in [0.4, 0.5) is 5.69 Å². The molecule has 0 aliphatic rings. The third-order valence-corrected chi connectivity index (χ3v) is 5.27. The number of hydrogen-bond donors (Lipinski definition) is 2. The maximum Gasteiger partial charge on any atom is 0.263 e. The number of halogens is 1. The molecular formula is C15H17BrN2O2S. The molecule has 4 nitrogen and oxygen atoms in total. The highest BCUT2D eigenvalue weighted by atomic mass is 79.9. The van der Waals surface area contributed by atoms with Gasteiger partial charge in [0.2, 0.25) is 0 Å². The number of hydrogen-bond acceptors (Lipinski definition) is 3. The predicted molar refractivity (Wildman–Crippen MR) is 88.8 cm³/mol. The number of rotatable bonds is 6. The van der Waals surface area contributed by atoms with Gasteiger partial charge in [-0.15, -0.1) is 0 Å². The van der Waals surface area contributed by atoms with Gasteiger partial charge in [0, 0.05) is 16.7 Å². The number of nitrogens with one attached hydrogen (secondary N) is 2. The second-order valence-corrected chi connectivity index (χ2v) is 7.02. The summed E-state index contributed by atoms with van der Waals surface area (Å²) in [7, 11) is -3.62. The van der Waals surface area contributed by atoms with Gasteiger partial charge in [0.05, 0.1) is 0 Å². The standard InChI is InChI=1S/C15H17BrN2O2S/c1-2-17-11-12-8-9-14(16)15(10-12)21(19,20)18-13-6-4-3-5-7-13/h3-10,17-18H,2,11H2,1H3. The number of para-hydroxylation sites is 1. The molecule has 112 valence electrons. The van der Waals surface area contributed by atoms with E-state index in [9.17, 15) is 8.42 Å². The zero-order valence-electron chi connectivity index (χ0n) is 11.6. The molecule has 0 amide bonds. The molecule has 0 radical (unpaired) electrons. The highest BCUT2D eigenvalue weighted by molar-refractivity contribution is 9.10. The summed E-state index contributed by atoms with van der Waals surface area (Å²) in [5, 5.41) is 3.18. The summed E-state index contributed by atoms with van der Waals surface area (Å²) in [6.45, 7) is 3.48. The summed E-state index contributed by atoms with van der Waals surface area (Å²) in [5.41, 5.74) is 1.47. The maximum atomic E-state index is 12.5. The van der Waals surface area contributed by atoms with Gasteiger partial charge in [0.25, 0.3) is 10.0 Å². The van der Waals surface area contributed by atoms with E-state index in [0.29, 0.717) is 16.7 Å². The molecule has 2 N–H and O–H groups in total. The molecule has 2 rings (SSSR count). The number of benzene rings is 2. The van der Waals surface area contributed by atoms with Crippen LogP contribution in [0.3, 0.4) is 0 Å². The summed E-state index contributed by atoms with van der Waals surface area (Å²) >= 11 is 3.31. The first kappa shape index (κ1) is 16.0. The Kier molecular flexibility index (Phi) is 5.39. The van der Waals surface area contributed by atoms with Gasteiger partial charge in [-0.1, -0.05) is 31.2 Å². The van der Waals surface area contributed by atoms with E-state index in [1.807, 2.05) is 19.1 Å². The fourth-order valence-corrected chi connectivity index (χ4v) is 3.92. The molecule has 2 aromatic carbocycles. The third kappa shape index (κ3) is 4.30. The van der Waals surface area contributed by atoms with Gasteiger partial charge in [-0.3, -0.25) is 4.72 Å². The van der Waals surface area contributed by atoms with E-state index >= 15 is 0 Å². The van der Waals surface area contributed by atoms with Crippen LogP contribution in [-0.4, -0.2) is 15.0 Å². The van der Waals surface area contributed by atoms with Gasteiger partial charge < -0.3 is 5.32 Å². The highest BCUT2D eigenvalue weighted by Gasteiger charge is 2.18.